The highest BCUT2D eigenvalue weighted by Gasteiger charge is 2.43. The van der Waals surface area contributed by atoms with E-state index < -0.39 is 52.2 Å². The molecule has 52 heavy (non-hydrogen) atoms. The molecule has 1 aromatic heterocycles. The molecule has 1 N–H and O–H groups in total. The average Bonchev–Trinajstić information content (AvgIpc) is 3.56. The zero-order valence-corrected chi connectivity index (χ0v) is 30.0. The summed E-state index contributed by atoms with van der Waals surface area (Å²) >= 11 is 0. The minimum absolute atomic E-state index is 0.0102. The molecule has 0 aliphatic carbocycles. The van der Waals surface area contributed by atoms with Gasteiger partial charge >= 0.3 is 5.69 Å². The standard InChI is InChI=1S/C39H40N2O10S/c1-26-10-20-33(21-11-26)52(44,45)50-25-48-34-22-36(41-23-27(2)37(42)40-38(41)43)51-35(34)24-49-39(28-8-6-5-7-9-28,29-12-16-31(46-3)17-13-29)30-14-18-32(47-4)19-15-30/h5-21,23,34-36H,22,24-25H2,1-4H3,(H,40,42,43)/t34?,35-,36-/m1/s1. The van der Waals surface area contributed by atoms with Gasteiger partial charge in [0, 0.05) is 18.2 Å². The van der Waals surface area contributed by atoms with Gasteiger partial charge in [0.05, 0.1) is 31.8 Å². The van der Waals surface area contributed by atoms with Crippen LogP contribution < -0.4 is 20.7 Å². The molecule has 0 spiro atoms. The Morgan fingerprint density at radius 1 is 0.808 bits per heavy atom. The molecule has 6 rings (SSSR count). The minimum atomic E-state index is -4.14. The van der Waals surface area contributed by atoms with Crippen LogP contribution in [0.3, 0.4) is 0 Å². The first-order valence-corrected chi connectivity index (χ1v) is 18.0. The number of H-pyrrole nitrogens is 1. The van der Waals surface area contributed by atoms with Crippen LogP contribution in [0.1, 0.15) is 40.5 Å². The number of benzene rings is 4. The van der Waals surface area contributed by atoms with Crippen LogP contribution >= 0.6 is 0 Å². The van der Waals surface area contributed by atoms with Crippen LogP contribution in [-0.2, 0) is 34.1 Å². The second-order valence-corrected chi connectivity index (χ2v) is 14.0. The molecule has 1 aliphatic heterocycles. The van der Waals surface area contributed by atoms with E-state index >= 15 is 0 Å². The van der Waals surface area contributed by atoms with Crippen LogP contribution in [0.4, 0.5) is 0 Å². The molecule has 1 aliphatic rings. The summed E-state index contributed by atoms with van der Waals surface area (Å²) in [5.74, 6) is 1.33. The van der Waals surface area contributed by atoms with Crippen molar-refractivity contribution >= 4 is 10.1 Å². The first kappa shape index (κ1) is 36.7. The molecule has 272 valence electrons. The van der Waals surface area contributed by atoms with Crippen molar-refractivity contribution < 1.29 is 36.3 Å². The van der Waals surface area contributed by atoms with Crippen molar-refractivity contribution in [3.8, 4) is 11.5 Å². The Bertz CT molecular complexity index is 2140. The molecule has 5 aromatic rings. The number of methoxy groups -OCH3 is 2. The third-order valence-electron chi connectivity index (χ3n) is 9.07. The fourth-order valence-electron chi connectivity index (χ4n) is 6.23. The van der Waals surface area contributed by atoms with Crippen LogP contribution in [0.15, 0.2) is 124 Å². The second-order valence-electron chi connectivity index (χ2n) is 12.4. The first-order valence-electron chi connectivity index (χ1n) is 16.6. The zero-order valence-electron chi connectivity index (χ0n) is 29.2. The van der Waals surface area contributed by atoms with Gasteiger partial charge in [-0.3, -0.25) is 14.3 Å². The molecule has 0 radical (unpaired) electrons. The van der Waals surface area contributed by atoms with E-state index in [-0.39, 0.29) is 17.9 Å². The Hall–Kier alpha value is -5.05. The summed E-state index contributed by atoms with van der Waals surface area (Å²) < 4.78 is 62.9. The van der Waals surface area contributed by atoms with Crippen LogP contribution in [0.5, 0.6) is 11.5 Å². The maximum atomic E-state index is 13.0. The number of nitrogens with one attached hydrogen (secondary N) is 1. The molecule has 12 nitrogen and oxygen atoms in total. The van der Waals surface area contributed by atoms with Gasteiger partial charge in [-0.25, -0.2) is 8.98 Å². The quantitative estimate of drug-likeness (QED) is 0.0919. The maximum absolute atomic E-state index is 13.0. The molecule has 1 unspecified atom stereocenters. The Morgan fingerprint density at radius 2 is 1.38 bits per heavy atom. The Balaban J connectivity index is 1.36. The number of hydrogen-bond acceptors (Lipinski definition) is 10. The Morgan fingerprint density at radius 3 is 1.96 bits per heavy atom. The smallest absolute Gasteiger partial charge is 0.330 e. The van der Waals surface area contributed by atoms with Crippen molar-refractivity contribution in [1.29, 1.82) is 0 Å². The summed E-state index contributed by atoms with van der Waals surface area (Å²) in [6.45, 7) is 2.74. The minimum Gasteiger partial charge on any atom is -0.497 e. The van der Waals surface area contributed by atoms with Crippen molar-refractivity contribution in [2.45, 2.75) is 49.2 Å². The molecule has 2 heterocycles. The van der Waals surface area contributed by atoms with E-state index in [1.165, 1.54) is 22.9 Å². The van der Waals surface area contributed by atoms with E-state index in [2.05, 4.69) is 4.98 Å². The predicted molar refractivity (Wildman–Crippen MR) is 192 cm³/mol. The largest absolute Gasteiger partial charge is 0.497 e. The van der Waals surface area contributed by atoms with E-state index in [0.717, 1.165) is 22.3 Å². The van der Waals surface area contributed by atoms with E-state index in [1.54, 1.807) is 33.3 Å². The maximum Gasteiger partial charge on any atom is 0.330 e. The van der Waals surface area contributed by atoms with Crippen LogP contribution in [-0.4, -0.2) is 57.8 Å². The fraction of sp³-hybridized carbons (Fsp3) is 0.282. The van der Waals surface area contributed by atoms with Gasteiger partial charge < -0.3 is 23.7 Å². The van der Waals surface area contributed by atoms with Gasteiger partial charge in [-0.05, 0) is 66.9 Å². The highest BCUT2D eigenvalue weighted by atomic mass is 32.2. The van der Waals surface area contributed by atoms with Gasteiger partial charge in [0.2, 0.25) is 0 Å². The summed E-state index contributed by atoms with van der Waals surface area (Å²) in [4.78, 5) is 27.4. The van der Waals surface area contributed by atoms with Crippen molar-refractivity contribution in [2.24, 2.45) is 0 Å². The number of aromatic nitrogens is 2. The normalized spacial score (nSPS) is 17.6. The molecule has 1 saturated heterocycles. The van der Waals surface area contributed by atoms with Crippen LogP contribution in [0.25, 0.3) is 0 Å². The lowest BCUT2D eigenvalue weighted by Gasteiger charge is -2.37. The molecule has 0 bridgehead atoms. The Kier molecular flexibility index (Phi) is 11.1. The number of aryl methyl sites for hydroxylation is 2. The third kappa shape index (κ3) is 7.73. The molecule has 0 amide bonds. The summed E-state index contributed by atoms with van der Waals surface area (Å²) in [5, 5.41) is 0. The van der Waals surface area contributed by atoms with E-state index in [9.17, 15) is 18.0 Å². The summed E-state index contributed by atoms with van der Waals surface area (Å²) in [7, 11) is -0.946. The van der Waals surface area contributed by atoms with Crippen molar-refractivity contribution in [3.05, 3.63) is 158 Å². The van der Waals surface area contributed by atoms with Crippen molar-refractivity contribution in [1.82, 2.24) is 9.55 Å². The van der Waals surface area contributed by atoms with Crippen molar-refractivity contribution in [3.63, 3.8) is 0 Å². The van der Waals surface area contributed by atoms with Gasteiger partial charge in [0.25, 0.3) is 15.7 Å². The van der Waals surface area contributed by atoms with Gasteiger partial charge in [0.15, 0.2) is 6.79 Å². The monoisotopic (exact) mass is 728 g/mol. The molecule has 0 saturated carbocycles. The highest BCUT2D eigenvalue weighted by Crippen LogP contribution is 2.43. The molecule has 3 atom stereocenters. The molecule has 13 heteroatoms. The van der Waals surface area contributed by atoms with Gasteiger partial charge in [-0.1, -0.05) is 72.3 Å². The van der Waals surface area contributed by atoms with Crippen LogP contribution in [0.2, 0.25) is 0 Å². The number of ether oxygens (including phenoxy) is 5. The van der Waals surface area contributed by atoms with Crippen LogP contribution in [0, 0.1) is 13.8 Å². The number of rotatable bonds is 14. The zero-order chi connectivity index (χ0) is 36.9. The lowest BCUT2D eigenvalue weighted by molar-refractivity contribution is -0.118. The molecular weight excluding hydrogens is 688 g/mol. The summed E-state index contributed by atoms with van der Waals surface area (Å²) in [6, 6.07) is 31.1. The fourth-order valence-corrected chi connectivity index (χ4v) is 7.02. The first-order chi connectivity index (χ1) is 25.0. The van der Waals surface area contributed by atoms with E-state index in [1.807, 2.05) is 85.8 Å². The topological polar surface area (TPSA) is 144 Å². The third-order valence-corrected chi connectivity index (χ3v) is 10.3. The Labute approximate surface area is 301 Å². The number of hydrogen-bond donors (Lipinski definition) is 1. The molecular formula is C39H40N2O10S. The van der Waals surface area contributed by atoms with E-state index in [0.29, 0.717) is 17.1 Å². The lowest BCUT2D eigenvalue weighted by Crippen LogP contribution is -2.39. The van der Waals surface area contributed by atoms with Gasteiger partial charge in [-0.15, -0.1) is 0 Å². The second kappa shape index (κ2) is 15.7. The average molecular weight is 729 g/mol. The van der Waals surface area contributed by atoms with Crippen molar-refractivity contribution in [2.75, 3.05) is 27.6 Å². The van der Waals surface area contributed by atoms with E-state index in [4.69, 9.17) is 27.9 Å². The summed E-state index contributed by atoms with van der Waals surface area (Å²) in [6.07, 6.45) is -0.945. The molecule has 1 fully saturated rings. The molecule has 4 aromatic carbocycles. The number of nitrogens with zero attached hydrogens (tertiary/aromatic N) is 1. The highest BCUT2D eigenvalue weighted by molar-refractivity contribution is 7.86. The predicted octanol–water partition coefficient (Wildman–Crippen LogP) is 5.22. The van der Waals surface area contributed by atoms with Gasteiger partial charge in [0.1, 0.15) is 29.4 Å². The summed E-state index contributed by atoms with van der Waals surface area (Å²) in [5.41, 5.74) is 1.25. The number of aromatic amines is 1. The SMILES string of the molecule is COc1ccc(C(OC[C@H]2O[C@@H](n3cc(C)c(=O)[nH]c3=O)CC2OCOS(=O)(=O)c2ccc(C)cc2)(c2ccccc2)c2ccc(OC)cc2)cc1. The lowest BCUT2D eigenvalue weighted by atomic mass is 9.80. The van der Waals surface area contributed by atoms with Gasteiger partial charge in [-0.2, -0.15) is 8.42 Å².